The molecule has 2 nitrogen and oxygen atoms in total. The fraction of sp³-hybridized carbons (Fsp3) is 0.500. The van der Waals surface area contributed by atoms with Gasteiger partial charge in [0.1, 0.15) is 11.3 Å². The summed E-state index contributed by atoms with van der Waals surface area (Å²) in [5.74, 6) is -0.0370. The van der Waals surface area contributed by atoms with Crippen LogP contribution in [0.1, 0.15) is 18.9 Å². The van der Waals surface area contributed by atoms with Crippen molar-refractivity contribution in [1.82, 2.24) is 0 Å². The summed E-state index contributed by atoms with van der Waals surface area (Å²) in [5, 5.41) is 0. The van der Waals surface area contributed by atoms with Gasteiger partial charge in [-0.1, -0.05) is 12.1 Å². The molecule has 19 heavy (non-hydrogen) atoms. The first-order chi connectivity index (χ1) is 8.62. The fourth-order valence-electron chi connectivity index (χ4n) is 1.38. The van der Waals surface area contributed by atoms with Crippen molar-refractivity contribution in [2.75, 3.05) is 0 Å². The molecule has 1 atom stereocenters. The highest BCUT2D eigenvalue weighted by Crippen LogP contribution is 2.31. The first kappa shape index (κ1) is 15.7. The SMILES string of the molecule is CC(N)(CCc1ccc(OC(F)F)cc1)C(F)(F)F. The van der Waals surface area contributed by atoms with E-state index in [1.165, 1.54) is 24.3 Å². The number of aryl methyl sites for hydroxylation is 1. The Morgan fingerprint density at radius 2 is 1.68 bits per heavy atom. The van der Waals surface area contributed by atoms with E-state index in [4.69, 9.17) is 5.73 Å². The highest BCUT2D eigenvalue weighted by atomic mass is 19.4. The van der Waals surface area contributed by atoms with Crippen LogP contribution >= 0.6 is 0 Å². The molecule has 0 aliphatic carbocycles. The van der Waals surface area contributed by atoms with Gasteiger partial charge in [0.05, 0.1) is 0 Å². The molecule has 0 aromatic heterocycles. The van der Waals surface area contributed by atoms with E-state index >= 15 is 0 Å². The first-order valence-corrected chi connectivity index (χ1v) is 5.51. The number of benzene rings is 1. The van der Waals surface area contributed by atoms with E-state index in [-0.39, 0.29) is 18.6 Å². The minimum absolute atomic E-state index is 0.0370. The Morgan fingerprint density at radius 1 is 1.16 bits per heavy atom. The number of hydrogen-bond donors (Lipinski definition) is 1. The summed E-state index contributed by atoms with van der Waals surface area (Å²) in [6, 6.07) is 5.43. The summed E-state index contributed by atoms with van der Waals surface area (Å²) in [6.07, 6.45) is -4.67. The zero-order chi connectivity index (χ0) is 14.7. The largest absolute Gasteiger partial charge is 0.435 e. The summed E-state index contributed by atoms with van der Waals surface area (Å²) in [4.78, 5) is 0. The predicted octanol–water partition coefficient (Wildman–Crippen LogP) is 3.50. The summed E-state index contributed by atoms with van der Waals surface area (Å²) in [6.45, 7) is -2.01. The molecule has 1 aromatic rings. The van der Waals surface area contributed by atoms with Gasteiger partial charge < -0.3 is 10.5 Å². The maximum absolute atomic E-state index is 12.5. The van der Waals surface area contributed by atoms with Crippen molar-refractivity contribution in [3.63, 3.8) is 0 Å². The minimum atomic E-state index is -4.48. The van der Waals surface area contributed by atoms with Crippen LogP contribution in [0.25, 0.3) is 0 Å². The molecule has 2 N–H and O–H groups in total. The van der Waals surface area contributed by atoms with Gasteiger partial charge in [0.25, 0.3) is 0 Å². The number of hydrogen-bond acceptors (Lipinski definition) is 2. The Labute approximate surface area is 107 Å². The molecular weight excluding hydrogens is 269 g/mol. The lowest BCUT2D eigenvalue weighted by molar-refractivity contribution is -0.182. The van der Waals surface area contributed by atoms with E-state index in [2.05, 4.69) is 4.74 Å². The van der Waals surface area contributed by atoms with Gasteiger partial charge in [-0.15, -0.1) is 0 Å². The Balaban J connectivity index is 2.59. The maximum Gasteiger partial charge on any atom is 0.406 e. The van der Waals surface area contributed by atoms with Crippen LogP contribution < -0.4 is 10.5 Å². The minimum Gasteiger partial charge on any atom is -0.435 e. The van der Waals surface area contributed by atoms with Gasteiger partial charge in [0.15, 0.2) is 0 Å². The van der Waals surface area contributed by atoms with Gasteiger partial charge >= 0.3 is 12.8 Å². The smallest absolute Gasteiger partial charge is 0.406 e. The molecule has 0 saturated heterocycles. The number of halogens is 5. The van der Waals surface area contributed by atoms with E-state index in [0.717, 1.165) is 6.92 Å². The second-order valence-corrected chi connectivity index (χ2v) is 4.44. The third-order valence-corrected chi connectivity index (χ3v) is 2.73. The van der Waals surface area contributed by atoms with E-state index in [1.807, 2.05) is 0 Å². The van der Waals surface area contributed by atoms with Crippen molar-refractivity contribution in [3.8, 4) is 5.75 Å². The average molecular weight is 283 g/mol. The summed E-state index contributed by atoms with van der Waals surface area (Å²) in [5.41, 5.74) is 3.49. The molecule has 0 aliphatic rings. The zero-order valence-electron chi connectivity index (χ0n) is 10.2. The van der Waals surface area contributed by atoms with Crippen LogP contribution in [-0.4, -0.2) is 18.3 Å². The summed E-state index contributed by atoms with van der Waals surface area (Å²) >= 11 is 0. The van der Waals surface area contributed by atoms with Gasteiger partial charge in [-0.2, -0.15) is 22.0 Å². The van der Waals surface area contributed by atoms with Crippen LogP contribution in [0.2, 0.25) is 0 Å². The maximum atomic E-state index is 12.5. The molecule has 0 fully saturated rings. The molecular formula is C12H14F5NO. The van der Waals surface area contributed by atoms with Gasteiger partial charge in [-0.3, -0.25) is 0 Å². The zero-order valence-corrected chi connectivity index (χ0v) is 10.2. The van der Waals surface area contributed by atoms with Crippen LogP contribution in [0, 0.1) is 0 Å². The molecule has 108 valence electrons. The third kappa shape index (κ3) is 4.66. The van der Waals surface area contributed by atoms with Gasteiger partial charge in [0, 0.05) is 0 Å². The second kappa shape index (κ2) is 5.73. The van der Waals surface area contributed by atoms with Gasteiger partial charge in [-0.05, 0) is 37.5 Å². The second-order valence-electron chi connectivity index (χ2n) is 4.44. The fourth-order valence-corrected chi connectivity index (χ4v) is 1.38. The molecule has 0 bridgehead atoms. The lowest BCUT2D eigenvalue weighted by atomic mass is 9.94. The summed E-state index contributed by atoms with van der Waals surface area (Å²) < 4.78 is 65.5. The molecule has 0 aliphatic heterocycles. The number of nitrogens with two attached hydrogens (primary N) is 1. The highest BCUT2D eigenvalue weighted by Gasteiger charge is 2.47. The van der Waals surface area contributed by atoms with Gasteiger partial charge in [0.2, 0.25) is 0 Å². The van der Waals surface area contributed by atoms with Crippen LogP contribution in [0.4, 0.5) is 22.0 Å². The van der Waals surface area contributed by atoms with Crippen LogP contribution in [-0.2, 0) is 6.42 Å². The summed E-state index contributed by atoms with van der Waals surface area (Å²) in [7, 11) is 0. The van der Waals surface area contributed by atoms with E-state index in [9.17, 15) is 22.0 Å². The predicted molar refractivity (Wildman–Crippen MR) is 60.0 cm³/mol. The van der Waals surface area contributed by atoms with Crippen molar-refractivity contribution in [2.45, 2.75) is 38.1 Å². The molecule has 0 saturated carbocycles. The molecule has 0 heterocycles. The van der Waals surface area contributed by atoms with E-state index < -0.39 is 18.3 Å². The average Bonchev–Trinajstić information content (AvgIpc) is 2.26. The molecule has 0 radical (unpaired) electrons. The highest BCUT2D eigenvalue weighted by molar-refractivity contribution is 5.27. The molecule has 1 rings (SSSR count). The molecule has 7 heteroatoms. The van der Waals surface area contributed by atoms with Crippen molar-refractivity contribution >= 4 is 0 Å². The standard InChI is InChI=1S/C12H14F5NO/c1-11(18,12(15,16)17)7-6-8-2-4-9(5-3-8)19-10(13)14/h2-5,10H,6-7,18H2,1H3. The van der Waals surface area contributed by atoms with E-state index in [0.29, 0.717) is 5.56 Å². The third-order valence-electron chi connectivity index (χ3n) is 2.73. The van der Waals surface area contributed by atoms with Crippen LogP contribution in [0.15, 0.2) is 24.3 Å². The quantitative estimate of drug-likeness (QED) is 0.839. The first-order valence-electron chi connectivity index (χ1n) is 5.51. The number of alkyl halides is 5. The van der Waals surface area contributed by atoms with E-state index in [1.54, 1.807) is 0 Å². The van der Waals surface area contributed by atoms with Crippen LogP contribution in [0.5, 0.6) is 5.75 Å². The monoisotopic (exact) mass is 283 g/mol. The Hall–Kier alpha value is -1.37. The van der Waals surface area contributed by atoms with Crippen molar-refractivity contribution in [3.05, 3.63) is 29.8 Å². The van der Waals surface area contributed by atoms with Crippen molar-refractivity contribution in [1.29, 1.82) is 0 Å². The van der Waals surface area contributed by atoms with Gasteiger partial charge in [-0.25, -0.2) is 0 Å². The molecule has 0 spiro atoms. The lowest BCUT2D eigenvalue weighted by Crippen LogP contribution is -2.50. The Bertz CT molecular complexity index is 400. The Kier molecular flexibility index (Phi) is 4.73. The van der Waals surface area contributed by atoms with Crippen molar-refractivity contribution < 1.29 is 26.7 Å². The van der Waals surface area contributed by atoms with Crippen molar-refractivity contribution in [2.24, 2.45) is 5.73 Å². The number of ether oxygens (including phenoxy) is 1. The lowest BCUT2D eigenvalue weighted by Gasteiger charge is -2.27. The Morgan fingerprint density at radius 3 is 2.11 bits per heavy atom. The topological polar surface area (TPSA) is 35.2 Å². The van der Waals surface area contributed by atoms with Crippen LogP contribution in [0.3, 0.4) is 0 Å². The molecule has 1 unspecified atom stereocenters. The normalized spacial score (nSPS) is 15.4. The molecule has 0 amide bonds. The molecule has 1 aromatic carbocycles. The number of rotatable bonds is 5.